The standard InChI is InChI=1S/C21H23N5O3/c1-2-28-17-7-5-16(6-8-17)21(27)26-11-3-4-15(14-26)12-19-24-20(25-29-19)18-13-22-9-10-23-18/h5-10,13,15H,2-4,11-12,14H2,1H3. The van der Waals surface area contributed by atoms with Crippen LogP contribution < -0.4 is 4.74 Å². The van der Waals surface area contributed by atoms with Gasteiger partial charge in [-0.1, -0.05) is 5.16 Å². The Morgan fingerprint density at radius 1 is 1.28 bits per heavy atom. The first kappa shape index (κ1) is 19.0. The number of benzene rings is 1. The van der Waals surface area contributed by atoms with E-state index in [0.29, 0.717) is 42.5 Å². The number of rotatable bonds is 6. The number of piperidine rings is 1. The van der Waals surface area contributed by atoms with Crippen molar-refractivity contribution in [3.63, 3.8) is 0 Å². The molecule has 1 aliphatic rings. The van der Waals surface area contributed by atoms with E-state index in [1.54, 1.807) is 18.6 Å². The second-order valence-corrected chi connectivity index (χ2v) is 7.02. The summed E-state index contributed by atoms with van der Waals surface area (Å²) >= 11 is 0. The molecule has 0 spiro atoms. The van der Waals surface area contributed by atoms with Crippen LogP contribution in [0.2, 0.25) is 0 Å². The Balaban J connectivity index is 1.38. The average Bonchev–Trinajstić information content (AvgIpc) is 3.23. The highest BCUT2D eigenvalue weighted by Gasteiger charge is 2.26. The summed E-state index contributed by atoms with van der Waals surface area (Å²) in [5, 5.41) is 4.00. The molecule has 3 aromatic rings. The third kappa shape index (κ3) is 4.59. The number of carbonyl (C=O) groups is 1. The number of hydrogen-bond donors (Lipinski definition) is 0. The Kier molecular flexibility index (Phi) is 5.79. The number of hydrogen-bond acceptors (Lipinski definition) is 7. The van der Waals surface area contributed by atoms with Crippen LogP contribution in [-0.2, 0) is 6.42 Å². The van der Waals surface area contributed by atoms with Crippen LogP contribution in [0.3, 0.4) is 0 Å². The summed E-state index contributed by atoms with van der Waals surface area (Å²) in [7, 11) is 0. The minimum absolute atomic E-state index is 0.0449. The molecular formula is C21H23N5O3. The second-order valence-electron chi connectivity index (χ2n) is 7.02. The van der Waals surface area contributed by atoms with Crippen molar-refractivity contribution < 1.29 is 14.1 Å². The lowest BCUT2D eigenvalue weighted by atomic mass is 9.94. The summed E-state index contributed by atoms with van der Waals surface area (Å²) in [4.78, 5) is 27.4. The maximum absolute atomic E-state index is 12.9. The molecular weight excluding hydrogens is 370 g/mol. The van der Waals surface area contributed by atoms with Gasteiger partial charge in [0.25, 0.3) is 5.91 Å². The number of amides is 1. The van der Waals surface area contributed by atoms with Gasteiger partial charge < -0.3 is 14.2 Å². The predicted octanol–water partition coefficient (Wildman–Crippen LogP) is 3.02. The highest BCUT2D eigenvalue weighted by molar-refractivity contribution is 5.94. The molecule has 3 heterocycles. The Bertz CT molecular complexity index is 942. The van der Waals surface area contributed by atoms with Crippen LogP contribution in [0.1, 0.15) is 36.0 Å². The molecule has 1 atom stereocenters. The highest BCUT2D eigenvalue weighted by Crippen LogP contribution is 2.23. The van der Waals surface area contributed by atoms with E-state index in [1.165, 1.54) is 0 Å². The first-order chi connectivity index (χ1) is 14.2. The van der Waals surface area contributed by atoms with E-state index in [1.807, 2.05) is 36.1 Å². The summed E-state index contributed by atoms with van der Waals surface area (Å²) in [6.07, 6.45) is 7.42. The zero-order chi connectivity index (χ0) is 20.1. The fourth-order valence-electron chi connectivity index (χ4n) is 3.56. The Morgan fingerprint density at radius 3 is 2.90 bits per heavy atom. The third-order valence-corrected chi connectivity index (χ3v) is 4.94. The van der Waals surface area contributed by atoms with Crippen LogP contribution in [0.5, 0.6) is 5.75 Å². The molecule has 1 aromatic carbocycles. The van der Waals surface area contributed by atoms with Gasteiger partial charge in [0.15, 0.2) is 0 Å². The quantitative estimate of drug-likeness (QED) is 0.635. The molecule has 0 N–H and O–H groups in total. The van der Waals surface area contributed by atoms with Gasteiger partial charge in [0.1, 0.15) is 11.4 Å². The molecule has 8 nitrogen and oxygen atoms in total. The van der Waals surface area contributed by atoms with Gasteiger partial charge in [-0.2, -0.15) is 4.98 Å². The van der Waals surface area contributed by atoms with E-state index in [2.05, 4.69) is 20.1 Å². The Hall–Kier alpha value is -3.29. The van der Waals surface area contributed by atoms with E-state index < -0.39 is 0 Å². The number of nitrogens with zero attached hydrogens (tertiary/aromatic N) is 5. The molecule has 1 saturated heterocycles. The van der Waals surface area contributed by atoms with Crippen LogP contribution in [0.15, 0.2) is 47.4 Å². The molecule has 1 unspecified atom stereocenters. The van der Waals surface area contributed by atoms with Crippen molar-refractivity contribution in [2.24, 2.45) is 5.92 Å². The fourth-order valence-corrected chi connectivity index (χ4v) is 3.56. The predicted molar refractivity (Wildman–Crippen MR) is 105 cm³/mol. The summed E-state index contributed by atoms with van der Waals surface area (Å²) in [6.45, 7) is 3.98. The van der Waals surface area contributed by atoms with Crippen LogP contribution in [-0.4, -0.2) is 50.6 Å². The topological polar surface area (TPSA) is 94.2 Å². The van der Waals surface area contributed by atoms with Gasteiger partial charge in [-0.05, 0) is 49.9 Å². The van der Waals surface area contributed by atoms with Gasteiger partial charge in [0.2, 0.25) is 11.7 Å². The zero-order valence-electron chi connectivity index (χ0n) is 16.3. The SMILES string of the molecule is CCOc1ccc(C(=O)N2CCCC(Cc3nc(-c4cnccn4)no3)C2)cc1. The molecule has 150 valence electrons. The smallest absolute Gasteiger partial charge is 0.253 e. The van der Waals surface area contributed by atoms with E-state index in [-0.39, 0.29) is 11.8 Å². The number of carbonyl (C=O) groups excluding carboxylic acids is 1. The zero-order valence-corrected chi connectivity index (χ0v) is 16.3. The minimum atomic E-state index is 0.0449. The van der Waals surface area contributed by atoms with E-state index in [4.69, 9.17) is 9.26 Å². The van der Waals surface area contributed by atoms with E-state index in [0.717, 1.165) is 25.1 Å². The lowest BCUT2D eigenvalue weighted by Gasteiger charge is -2.32. The molecule has 1 aliphatic heterocycles. The average molecular weight is 393 g/mol. The lowest BCUT2D eigenvalue weighted by Crippen LogP contribution is -2.40. The van der Waals surface area contributed by atoms with Crippen LogP contribution in [0.4, 0.5) is 0 Å². The molecule has 4 rings (SSSR count). The van der Waals surface area contributed by atoms with Gasteiger partial charge in [-0.15, -0.1) is 0 Å². The van der Waals surface area contributed by atoms with Crippen molar-refractivity contribution in [2.75, 3.05) is 19.7 Å². The molecule has 0 bridgehead atoms. The third-order valence-electron chi connectivity index (χ3n) is 4.94. The Morgan fingerprint density at radius 2 is 2.14 bits per heavy atom. The molecule has 29 heavy (non-hydrogen) atoms. The van der Waals surface area contributed by atoms with Crippen molar-refractivity contribution in [3.8, 4) is 17.3 Å². The summed E-state index contributed by atoms with van der Waals surface area (Å²) < 4.78 is 10.8. The Labute approximate surface area is 168 Å². The fraction of sp³-hybridized carbons (Fsp3) is 0.381. The number of aromatic nitrogens is 4. The van der Waals surface area contributed by atoms with Crippen LogP contribution in [0.25, 0.3) is 11.5 Å². The largest absolute Gasteiger partial charge is 0.494 e. The van der Waals surface area contributed by atoms with Gasteiger partial charge >= 0.3 is 0 Å². The first-order valence-corrected chi connectivity index (χ1v) is 9.84. The highest BCUT2D eigenvalue weighted by atomic mass is 16.5. The summed E-state index contributed by atoms with van der Waals surface area (Å²) in [6, 6.07) is 7.32. The van der Waals surface area contributed by atoms with Crippen molar-refractivity contribution in [3.05, 3.63) is 54.3 Å². The van der Waals surface area contributed by atoms with E-state index in [9.17, 15) is 4.79 Å². The van der Waals surface area contributed by atoms with Gasteiger partial charge in [-0.25, -0.2) is 4.98 Å². The monoisotopic (exact) mass is 393 g/mol. The molecule has 0 aliphatic carbocycles. The van der Waals surface area contributed by atoms with Crippen LogP contribution >= 0.6 is 0 Å². The normalized spacial score (nSPS) is 16.6. The molecule has 1 amide bonds. The molecule has 1 fully saturated rings. The summed E-state index contributed by atoms with van der Waals surface area (Å²) in [5.74, 6) is 2.10. The van der Waals surface area contributed by atoms with Crippen LogP contribution in [0, 0.1) is 5.92 Å². The van der Waals surface area contributed by atoms with Crippen molar-refractivity contribution >= 4 is 5.91 Å². The molecule has 0 saturated carbocycles. The van der Waals surface area contributed by atoms with Gasteiger partial charge in [0, 0.05) is 37.5 Å². The first-order valence-electron chi connectivity index (χ1n) is 9.84. The lowest BCUT2D eigenvalue weighted by molar-refractivity contribution is 0.0668. The second kappa shape index (κ2) is 8.81. The number of ether oxygens (including phenoxy) is 1. The maximum atomic E-state index is 12.9. The minimum Gasteiger partial charge on any atom is -0.494 e. The van der Waals surface area contributed by atoms with Crippen molar-refractivity contribution in [1.29, 1.82) is 0 Å². The van der Waals surface area contributed by atoms with Gasteiger partial charge in [0.05, 0.1) is 12.8 Å². The van der Waals surface area contributed by atoms with E-state index >= 15 is 0 Å². The van der Waals surface area contributed by atoms with Gasteiger partial charge in [-0.3, -0.25) is 9.78 Å². The van der Waals surface area contributed by atoms with Crippen molar-refractivity contribution in [1.82, 2.24) is 25.0 Å². The number of likely N-dealkylation sites (tertiary alicyclic amines) is 1. The molecule has 8 heteroatoms. The summed E-state index contributed by atoms with van der Waals surface area (Å²) in [5.41, 5.74) is 1.26. The molecule has 2 aromatic heterocycles. The van der Waals surface area contributed by atoms with Crippen molar-refractivity contribution in [2.45, 2.75) is 26.2 Å². The molecule has 0 radical (unpaired) electrons. The maximum Gasteiger partial charge on any atom is 0.253 e.